The van der Waals surface area contributed by atoms with Gasteiger partial charge in [0.05, 0.1) is 23.6 Å². The minimum absolute atomic E-state index is 0.000849. The molecule has 0 spiro atoms. The topological polar surface area (TPSA) is 100.0 Å². The van der Waals surface area contributed by atoms with E-state index in [9.17, 15) is 19.8 Å². The Morgan fingerprint density at radius 3 is 2.73 bits per heavy atom. The number of aromatic hydroxyl groups is 1. The maximum atomic E-state index is 13.2. The summed E-state index contributed by atoms with van der Waals surface area (Å²) < 4.78 is 5.20. The minimum Gasteiger partial charge on any atom is -0.504 e. The van der Waals surface area contributed by atoms with Crippen molar-refractivity contribution in [3.63, 3.8) is 0 Å². The summed E-state index contributed by atoms with van der Waals surface area (Å²) in [6, 6.07) is 10.7. The molecule has 0 bridgehead atoms. The van der Waals surface area contributed by atoms with Crippen molar-refractivity contribution in [2.45, 2.75) is 12.6 Å². The van der Waals surface area contributed by atoms with Crippen molar-refractivity contribution in [1.29, 1.82) is 0 Å². The van der Waals surface area contributed by atoms with Gasteiger partial charge in [-0.3, -0.25) is 14.6 Å². The van der Waals surface area contributed by atoms with Crippen LogP contribution in [0.3, 0.4) is 0 Å². The normalized spacial score (nSPS) is 16.2. The largest absolute Gasteiger partial charge is 0.504 e. The van der Waals surface area contributed by atoms with Gasteiger partial charge in [-0.05, 0) is 40.8 Å². The third-order valence-corrected chi connectivity index (χ3v) is 5.76. The minimum atomic E-state index is -0.846. The number of phenolic OH excluding ortho intramolecular Hbond substituents is 1. The lowest BCUT2D eigenvalue weighted by Gasteiger charge is -2.27. The van der Waals surface area contributed by atoms with Gasteiger partial charge < -0.3 is 19.8 Å². The summed E-state index contributed by atoms with van der Waals surface area (Å²) in [6.07, 6.45) is 3.25. The third-order valence-electron chi connectivity index (χ3n) is 4.89. The molecule has 1 aliphatic rings. The molecule has 0 radical (unpaired) electrons. The quantitative estimate of drug-likeness (QED) is 0.589. The number of amides is 1. The first-order valence-electron chi connectivity index (χ1n) is 9.09. The van der Waals surface area contributed by atoms with Gasteiger partial charge in [0, 0.05) is 18.9 Å². The average Bonchev–Trinajstić information content (AvgIpc) is 3.38. The number of methoxy groups -OCH3 is 1. The predicted molar refractivity (Wildman–Crippen MR) is 110 cm³/mol. The highest BCUT2D eigenvalue weighted by Crippen LogP contribution is 2.42. The number of aliphatic hydroxyl groups is 1. The lowest BCUT2D eigenvalue weighted by atomic mass is 9.95. The van der Waals surface area contributed by atoms with Gasteiger partial charge in [-0.25, -0.2) is 0 Å². The van der Waals surface area contributed by atoms with E-state index in [0.29, 0.717) is 10.4 Å². The van der Waals surface area contributed by atoms with E-state index in [1.54, 1.807) is 48.1 Å². The van der Waals surface area contributed by atoms with E-state index >= 15 is 0 Å². The number of nitrogens with zero attached hydrogens (tertiary/aromatic N) is 2. The molecule has 2 N–H and O–H groups in total. The third kappa shape index (κ3) is 3.42. The lowest BCUT2D eigenvalue weighted by molar-refractivity contribution is -0.130. The second-order valence-corrected chi connectivity index (χ2v) is 7.64. The van der Waals surface area contributed by atoms with Crippen LogP contribution in [0.2, 0.25) is 0 Å². The Morgan fingerprint density at radius 1 is 1.23 bits per heavy atom. The standard InChI is InChI=1S/C22H18N2O5S/c1-29-16-10-14(6-7-15(16)25)19-18(20(26)17-5-3-9-30-17)21(27)22(28)24(19)12-13-4-2-8-23-11-13/h2-11,19,25,27H,12H2,1H3/t19-/m1/s1. The number of aliphatic hydroxyl groups excluding tert-OH is 1. The van der Waals surface area contributed by atoms with Crippen molar-refractivity contribution in [2.75, 3.05) is 7.11 Å². The second kappa shape index (κ2) is 8.00. The monoisotopic (exact) mass is 422 g/mol. The SMILES string of the molecule is COc1cc([C@@H]2C(C(=O)c3cccs3)=C(O)C(=O)N2Cc2cccnc2)ccc1O. The van der Waals surface area contributed by atoms with Gasteiger partial charge in [0.2, 0.25) is 5.78 Å². The summed E-state index contributed by atoms with van der Waals surface area (Å²) in [6.45, 7) is 0.145. The van der Waals surface area contributed by atoms with Gasteiger partial charge in [-0.1, -0.05) is 18.2 Å². The number of phenols is 1. The Balaban J connectivity index is 1.83. The first kappa shape index (κ1) is 19.7. The molecule has 2 aromatic heterocycles. The van der Waals surface area contributed by atoms with Crippen LogP contribution in [0.1, 0.15) is 26.8 Å². The Kier molecular flexibility index (Phi) is 5.24. The zero-order valence-electron chi connectivity index (χ0n) is 16.0. The van der Waals surface area contributed by atoms with Crippen molar-refractivity contribution in [3.05, 3.63) is 87.6 Å². The summed E-state index contributed by atoms with van der Waals surface area (Å²) in [7, 11) is 1.41. The van der Waals surface area contributed by atoms with Gasteiger partial charge >= 0.3 is 0 Å². The molecule has 1 atom stereocenters. The van der Waals surface area contributed by atoms with Crippen LogP contribution in [0.4, 0.5) is 0 Å². The fraction of sp³-hybridized carbons (Fsp3) is 0.136. The van der Waals surface area contributed by atoms with Gasteiger partial charge in [-0.15, -0.1) is 11.3 Å². The number of hydrogen-bond donors (Lipinski definition) is 2. The number of carbonyl (C=O) groups is 2. The van der Waals surface area contributed by atoms with Crippen molar-refractivity contribution in [2.24, 2.45) is 0 Å². The molecule has 7 nitrogen and oxygen atoms in total. The van der Waals surface area contributed by atoms with E-state index < -0.39 is 23.5 Å². The van der Waals surface area contributed by atoms with Crippen LogP contribution in [0.5, 0.6) is 11.5 Å². The summed E-state index contributed by atoms with van der Waals surface area (Å²) in [4.78, 5) is 32.1. The molecule has 4 rings (SSSR count). The molecule has 3 heterocycles. The Labute approximate surface area is 176 Å². The van der Waals surface area contributed by atoms with Crippen LogP contribution in [0, 0.1) is 0 Å². The predicted octanol–water partition coefficient (Wildman–Crippen LogP) is 3.64. The summed E-state index contributed by atoms with van der Waals surface area (Å²) in [5.41, 5.74) is 1.28. The molecule has 0 aliphatic carbocycles. The zero-order valence-corrected chi connectivity index (χ0v) is 16.8. The molecule has 0 saturated carbocycles. The summed E-state index contributed by atoms with van der Waals surface area (Å²) in [5.74, 6) is -1.49. The zero-order chi connectivity index (χ0) is 21.3. The number of carbonyl (C=O) groups excluding carboxylic acids is 2. The number of thiophene rings is 1. The Hall–Kier alpha value is -3.65. The lowest BCUT2D eigenvalue weighted by Crippen LogP contribution is -2.30. The molecule has 8 heteroatoms. The Morgan fingerprint density at radius 2 is 2.07 bits per heavy atom. The van der Waals surface area contributed by atoms with Gasteiger partial charge in [0.15, 0.2) is 17.3 Å². The molecule has 3 aromatic rings. The maximum Gasteiger partial charge on any atom is 0.290 e. The van der Waals surface area contributed by atoms with Crippen molar-refractivity contribution < 1.29 is 24.5 Å². The number of ether oxygens (including phenoxy) is 1. The molecule has 0 fully saturated rings. The highest BCUT2D eigenvalue weighted by molar-refractivity contribution is 7.12. The number of benzene rings is 1. The van der Waals surface area contributed by atoms with Crippen LogP contribution < -0.4 is 4.74 Å². The highest BCUT2D eigenvalue weighted by atomic mass is 32.1. The first-order valence-corrected chi connectivity index (χ1v) is 9.97. The first-order chi connectivity index (χ1) is 14.5. The van der Waals surface area contributed by atoms with Gasteiger partial charge in [0.1, 0.15) is 0 Å². The number of aromatic nitrogens is 1. The molecule has 0 unspecified atom stereocenters. The summed E-state index contributed by atoms with van der Waals surface area (Å²) >= 11 is 1.23. The Bertz CT molecular complexity index is 1130. The van der Waals surface area contributed by atoms with Crippen LogP contribution >= 0.6 is 11.3 Å². The van der Waals surface area contributed by atoms with E-state index in [4.69, 9.17) is 4.74 Å². The molecule has 1 aromatic carbocycles. The molecule has 0 saturated heterocycles. The highest BCUT2D eigenvalue weighted by Gasteiger charge is 2.44. The number of hydrogen-bond acceptors (Lipinski definition) is 7. The van der Waals surface area contributed by atoms with E-state index in [0.717, 1.165) is 5.56 Å². The number of Topliss-reactive ketones (excluding diaryl/α,β-unsaturated/α-hetero) is 1. The van der Waals surface area contributed by atoms with Crippen LogP contribution in [-0.4, -0.2) is 38.9 Å². The molecule has 152 valence electrons. The molecular formula is C22H18N2O5S. The number of rotatable bonds is 6. The van der Waals surface area contributed by atoms with E-state index in [1.165, 1.54) is 29.4 Å². The number of pyridine rings is 1. The molecule has 1 aliphatic heterocycles. The van der Waals surface area contributed by atoms with Crippen molar-refractivity contribution in [3.8, 4) is 11.5 Å². The smallest absolute Gasteiger partial charge is 0.290 e. The van der Waals surface area contributed by atoms with Gasteiger partial charge in [-0.2, -0.15) is 0 Å². The molecule has 30 heavy (non-hydrogen) atoms. The van der Waals surface area contributed by atoms with Crippen LogP contribution in [0.25, 0.3) is 0 Å². The fourth-order valence-electron chi connectivity index (χ4n) is 3.49. The fourth-order valence-corrected chi connectivity index (χ4v) is 4.17. The summed E-state index contributed by atoms with van der Waals surface area (Å²) in [5, 5.41) is 22.4. The van der Waals surface area contributed by atoms with Crippen LogP contribution in [-0.2, 0) is 11.3 Å². The average molecular weight is 422 g/mol. The van der Waals surface area contributed by atoms with Crippen molar-refractivity contribution in [1.82, 2.24) is 9.88 Å². The molecule has 1 amide bonds. The van der Waals surface area contributed by atoms with Crippen LogP contribution in [0.15, 0.2) is 71.6 Å². The van der Waals surface area contributed by atoms with Crippen molar-refractivity contribution >= 4 is 23.0 Å². The van der Waals surface area contributed by atoms with Gasteiger partial charge in [0.25, 0.3) is 5.91 Å². The second-order valence-electron chi connectivity index (χ2n) is 6.70. The van der Waals surface area contributed by atoms with E-state index in [1.807, 2.05) is 6.07 Å². The van der Waals surface area contributed by atoms with E-state index in [-0.39, 0.29) is 23.6 Å². The maximum absolute atomic E-state index is 13.2. The molecular weight excluding hydrogens is 404 g/mol. The number of ketones is 1. The van der Waals surface area contributed by atoms with E-state index in [2.05, 4.69) is 4.98 Å².